The molecule has 0 aliphatic heterocycles. The molecule has 0 fully saturated rings. The van der Waals surface area contributed by atoms with E-state index in [0.29, 0.717) is 4.99 Å². The SMILES string of the molecule is CCN(Cc1ccncc1)c1cc(C(N)=S)cc(C)n1. The third-order valence-electron chi connectivity index (χ3n) is 3.05. The molecule has 4 nitrogen and oxygen atoms in total. The predicted molar refractivity (Wildman–Crippen MR) is 85.8 cm³/mol. The van der Waals surface area contributed by atoms with Gasteiger partial charge in [-0.1, -0.05) is 12.2 Å². The fourth-order valence-corrected chi connectivity index (χ4v) is 2.14. The van der Waals surface area contributed by atoms with Crippen LogP contribution in [0.5, 0.6) is 0 Å². The van der Waals surface area contributed by atoms with Gasteiger partial charge in [0.25, 0.3) is 0 Å². The second kappa shape index (κ2) is 6.43. The van der Waals surface area contributed by atoms with E-state index in [9.17, 15) is 0 Å². The number of hydrogen-bond donors (Lipinski definition) is 1. The highest BCUT2D eigenvalue weighted by Crippen LogP contribution is 2.17. The Kier molecular flexibility index (Phi) is 4.63. The Morgan fingerprint density at radius 3 is 2.60 bits per heavy atom. The molecule has 0 radical (unpaired) electrons. The van der Waals surface area contributed by atoms with Gasteiger partial charge in [-0.3, -0.25) is 4.98 Å². The summed E-state index contributed by atoms with van der Waals surface area (Å²) in [5.41, 5.74) is 8.69. The van der Waals surface area contributed by atoms with Crippen LogP contribution in [-0.4, -0.2) is 21.5 Å². The average Bonchev–Trinajstić information content (AvgIpc) is 2.45. The van der Waals surface area contributed by atoms with Crippen LogP contribution in [0.25, 0.3) is 0 Å². The largest absolute Gasteiger partial charge is 0.389 e. The molecule has 5 heteroatoms. The van der Waals surface area contributed by atoms with Crippen molar-refractivity contribution < 1.29 is 0 Å². The van der Waals surface area contributed by atoms with Crippen LogP contribution in [0.3, 0.4) is 0 Å². The first-order valence-corrected chi connectivity index (χ1v) is 6.93. The van der Waals surface area contributed by atoms with Gasteiger partial charge in [-0.15, -0.1) is 0 Å². The molecule has 0 unspecified atom stereocenters. The minimum absolute atomic E-state index is 0.400. The minimum atomic E-state index is 0.400. The zero-order valence-electron chi connectivity index (χ0n) is 11.7. The summed E-state index contributed by atoms with van der Waals surface area (Å²) < 4.78 is 0. The molecule has 2 aromatic heterocycles. The Balaban J connectivity index is 2.29. The lowest BCUT2D eigenvalue weighted by Gasteiger charge is -2.23. The van der Waals surface area contributed by atoms with Gasteiger partial charge in [-0.05, 0) is 43.7 Å². The Morgan fingerprint density at radius 1 is 1.30 bits per heavy atom. The number of aromatic nitrogens is 2. The third kappa shape index (κ3) is 3.51. The van der Waals surface area contributed by atoms with Gasteiger partial charge in [0.15, 0.2) is 0 Å². The molecule has 104 valence electrons. The van der Waals surface area contributed by atoms with Crippen LogP contribution in [0.1, 0.15) is 23.7 Å². The molecule has 0 aliphatic rings. The first kappa shape index (κ1) is 14.4. The Hall–Kier alpha value is -2.01. The van der Waals surface area contributed by atoms with Gasteiger partial charge in [0.2, 0.25) is 0 Å². The van der Waals surface area contributed by atoms with Crippen molar-refractivity contribution >= 4 is 23.0 Å². The van der Waals surface area contributed by atoms with Crippen molar-refractivity contribution in [3.63, 3.8) is 0 Å². The van der Waals surface area contributed by atoms with E-state index < -0.39 is 0 Å². The lowest BCUT2D eigenvalue weighted by molar-refractivity contribution is 0.809. The molecule has 0 saturated carbocycles. The van der Waals surface area contributed by atoms with Crippen molar-refractivity contribution in [3.05, 3.63) is 53.5 Å². The van der Waals surface area contributed by atoms with Gasteiger partial charge in [0.1, 0.15) is 10.8 Å². The summed E-state index contributed by atoms with van der Waals surface area (Å²) >= 11 is 5.06. The van der Waals surface area contributed by atoms with Crippen molar-refractivity contribution in [1.82, 2.24) is 9.97 Å². The van der Waals surface area contributed by atoms with Gasteiger partial charge in [-0.2, -0.15) is 0 Å². The molecule has 2 aromatic rings. The molecule has 2 heterocycles. The van der Waals surface area contributed by atoms with E-state index >= 15 is 0 Å². The molecular weight excluding hydrogens is 268 g/mol. The average molecular weight is 286 g/mol. The molecule has 0 spiro atoms. The highest BCUT2D eigenvalue weighted by atomic mass is 32.1. The van der Waals surface area contributed by atoms with E-state index in [-0.39, 0.29) is 0 Å². The summed E-state index contributed by atoms with van der Waals surface area (Å²) in [6.45, 7) is 5.69. The van der Waals surface area contributed by atoms with Gasteiger partial charge in [-0.25, -0.2) is 4.98 Å². The van der Waals surface area contributed by atoms with Gasteiger partial charge < -0.3 is 10.6 Å². The Morgan fingerprint density at radius 2 is 2.00 bits per heavy atom. The quantitative estimate of drug-likeness (QED) is 0.856. The van der Waals surface area contributed by atoms with Gasteiger partial charge >= 0.3 is 0 Å². The lowest BCUT2D eigenvalue weighted by atomic mass is 10.2. The topological polar surface area (TPSA) is 55.0 Å². The van der Waals surface area contributed by atoms with Crippen LogP contribution in [0.2, 0.25) is 0 Å². The van der Waals surface area contributed by atoms with E-state index in [1.54, 1.807) is 12.4 Å². The fraction of sp³-hybridized carbons (Fsp3) is 0.267. The first-order chi connectivity index (χ1) is 9.60. The van der Waals surface area contributed by atoms with Gasteiger partial charge in [0.05, 0.1) is 0 Å². The highest BCUT2D eigenvalue weighted by molar-refractivity contribution is 7.80. The molecule has 2 N–H and O–H groups in total. The zero-order chi connectivity index (χ0) is 14.5. The van der Waals surface area contributed by atoms with Crippen LogP contribution >= 0.6 is 12.2 Å². The third-order valence-corrected chi connectivity index (χ3v) is 3.29. The predicted octanol–water partition coefficient (Wildman–Crippen LogP) is 2.45. The smallest absolute Gasteiger partial charge is 0.129 e. The van der Waals surface area contributed by atoms with E-state index in [1.165, 1.54) is 5.56 Å². The number of anilines is 1. The molecule has 0 bridgehead atoms. The van der Waals surface area contributed by atoms with Crippen LogP contribution in [0.15, 0.2) is 36.7 Å². The van der Waals surface area contributed by atoms with E-state index in [1.807, 2.05) is 31.2 Å². The second-order valence-electron chi connectivity index (χ2n) is 4.59. The first-order valence-electron chi connectivity index (χ1n) is 6.52. The van der Waals surface area contributed by atoms with Gasteiger partial charge in [0, 0.05) is 36.7 Å². The van der Waals surface area contributed by atoms with E-state index in [2.05, 4.69) is 21.8 Å². The molecule has 0 amide bonds. The monoisotopic (exact) mass is 286 g/mol. The van der Waals surface area contributed by atoms with Crippen molar-refractivity contribution in [3.8, 4) is 0 Å². The molecular formula is C15H18N4S. The second-order valence-corrected chi connectivity index (χ2v) is 5.03. The van der Waals surface area contributed by atoms with Crippen molar-refractivity contribution in [2.75, 3.05) is 11.4 Å². The maximum Gasteiger partial charge on any atom is 0.129 e. The number of pyridine rings is 2. The van der Waals surface area contributed by atoms with Crippen molar-refractivity contribution in [1.29, 1.82) is 0 Å². The summed E-state index contributed by atoms with van der Waals surface area (Å²) in [5.74, 6) is 0.895. The molecule has 2 rings (SSSR count). The summed E-state index contributed by atoms with van der Waals surface area (Å²) in [4.78, 5) is 11.2. The van der Waals surface area contributed by atoms with E-state index in [0.717, 1.165) is 30.2 Å². The molecule has 0 aliphatic carbocycles. The maximum atomic E-state index is 5.72. The zero-order valence-corrected chi connectivity index (χ0v) is 12.5. The van der Waals surface area contributed by atoms with Crippen LogP contribution in [0.4, 0.5) is 5.82 Å². The van der Waals surface area contributed by atoms with Crippen LogP contribution in [-0.2, 0) is 6.54 Å². The van der Waals surface area contributed by atoms with Crippen molar-refractivity contribution in [2.45, 2.75) is 20.4 Å². The Bertz CT molecular complexity index is 598. The standard InChI is InChI=1S/C15H18N4S/c1-3-19(10-12-4-6-17-7-5-12)14-9-13(15(16)20)8-11(2)18-14/h4-9H,3,10H2,1-2H3,(H2,16,20). The maximum absolute atomic E-state index is 5.72. The van der Waals surface area contributed by atoms with Crippen LogP contribution < -0.4 is 10.6 Å². The fourth-order valence-electron chi connectivity index (χ4n) is 2.02. The summed E-state index contributed by atoms with van der Waals surface area (Å²) in [6.07, 6.45) is 3.60. The number of aryl methyl sites for hydroxylation is 1. The van der Waals surface area contributed by atoms with Crippen LogP contribution in [0, 0.1) is 6.92 Å². The number of nitrogens with zero attached hydrogens (tertiary/aromatic N) is 3. The minimum Gasteiger partial charge on any atom is -0.389 e. The summed E-state index contributed by atoms with van der Waals surface area (Å²) in [7, 11) is 0. The number of rotatable bonds is 5. The Labute approximate surface area is 124 Å². The highest BCUT2D eigenvalue weighted by Gasteiger charge is 2.10. The number of nitrogens with two attached hydrogens (primary N) is 1. The summed E-state index contributed by atoms with van der Waals surface area (Å²) in [6, 6.07) is 7.87. The summed E-state index contributed by atoms with van der Waals surface area (Å²) in [5, 5.41) is 0. The number of thiocarbonyl (C=S) groups is 1. The molecule has 0 aromatic carbocycles. The molecule has 0 atom stereocenters. The lowest BCUT2D eigenvalue weighted by Crippen LogP contribution is -2.24. The molecule has 0 saturated heterocycles. The normalized spacial score (nSPS) is 10.3. The van der Waals surface area contributed by atoms with Crippen molar-refractivity contribution in [2.24, 2.45) is 5.73 Å². The molecule has 20 heavy (non-hydrogen) atoms. The van der Waals surface area contributed by atoms with E-state index in [4.69, 9.17) is 18.0 Å². The number of hydrogen-bond acceptors (Lipinski definition) is 4.